The zero-order chi connectivity index (χ0) is 13.5. The summed E-state index contributed by atoms with van der Waals surface area (Å²) in [5, 5.41) is 0. The monoisotopic (exact) mass is 313 g/mol. The van der Waals surface area contributed by atoms with Crippen LogP contribution in [-0.4, -0.2) is 12.6 Å². The molecule has 0 spiro atoms. The first-order valence-corrected chi connectivity index (χ1v) is 7.51. The molecule has 0 radical (unpaired) electrons. The van der Waals surface area contributed by atoms with Crippen LogP contribution in [0.2, 0.25) is 0 Å². The largest absolute Gasteiger partial charge is 0.493 e. The number of benzene rings is 1. The standard InChI is InChI=1S/C15H24BrNO/c1-4-9-18-15-8-7-13(16)10-14(15)11(2)5-6-12(3)17/h7-8,10-12H,4-6,9,17H2,1-3H3. The van der Waals surface area contributed by atoms with Gasteiger partial charge in [0.25, 0.3) is 0 Å². The minimum Gasteiger partial charge on any atom is -0.493 e. The van der Waals surface area contributed by atoms with Gasteiger partial charge in [0.2, 0.25) is 0 Å². The van der Waals surface area contributed by atoms with Crippen molar-refractivity contribution in [2.45, 2.75) is 52.0 Å². The van der Waals surface area contributed by atoms with Gasteiger partial charge in [0.1, 0.15) is 5.75 Å². The molecule has 1 aromatic rings. The molecular formula is C15H24BrNO. The molecule has 0 aliphatic rings. The van der Waals surface area contributed by atoms with Crippen LogP contribution in [0, 0.1) is 0 Å². The summed E-state index contributed by atoms with van der Waals surface area (Å²) in [6.45, 7) is 7.19. The van der Waals surface area contributed by atoms with E-state index in [-0.39, 0.29) is 6.04 Å². The first-order valence-electron chi connectivity index (χ1n) is 6.72. The summed E-state index contributed by atoms with van der Waals surface area (Å²) in [5.74, 6) is 1.48. The fraction of sp³-hybridized carbons (Fsp3) is 0.600. The van der Waals surface area contributed by atoms with Gasteiger partial charge in [-0.2, -0.15) is 0 Å². The van der Waals surface area contributed by atoms with Crippen LogP contribution in [0.4, 0.5) is 0 Å². The average molecular weight is 314 g/mol. The predicted octanol–water partition coefficient (Wildman–Crippen LogP) is 4.47. The van der Waals surface area contributed by atoms with Gasteiger partial charge in [-0.1, -0.05) is 29.8 Å². The molecule has 0 saturated heterocycles. The fourth-order valence-corrected chi connectivity index (χ4v) is 2.30. The van der Waals surface area contributed by atoms with Gasteiger partial charge in [0, 0.05) is 10.5 Å². The van der Waals surface area contributed by atoms with Crippen molar-refractivity contribution in [3.8, 4) is 5.75 Å². The molecule has 2 nitrogen and oxygen atoms in total. The summed E-state index contributed by atoms with van der Waals surface area (Å²) in [6, 6.07) is 6.51. The van der Waals surface area contributed by atoms with E-state index in [1.165, 1.54) is 5.56 Å². The summed E-state index contributed by atoms with van der Waals surface area (Å²) < 4.78 is 6.92. The van der Waals surface area contributed by atoms with Crippen LogP contribution in [-0.2, 0) is 0 Å². The topological polar surface area (TPSA) is 35.2 Å². The summed E-state index contributed by atoms with van der Waals surface area (Å²) in [4.78, 5) is 0. The third kappa shape index (κ3) is 4.99. The molecule has 2 N–H and O–H groups in total. The second-order valence-electron chi connectivity index (χ2n) is 4.99. The van der Waals surface area contributed by atoms with Crippen molar-refractivity contribution in [3.63, 3.8) is 0 Å². The molecule has 2 unspecified atom stereocenters. The second kappa shape index (κ2) is 7.80. The molecule has 3 heteroatoms. The number of hydrogen-bond donors (Lipinski definition) is 1. The van der Waals surface area contributed by atoms with Crippen molar-refractivity contribution in [1.29, 1.82) is 0 Å². The Labute approximate surface area is 119 Å². The first-order chi connectivity index (χ1) is 8.54. The highest BCUT2D eigenvalue weighted by Crippen LogP contribution is 2.32. The Kier molecular flexibility index (Phi) is 6.72. The van der Waals surface area contributed by atoms with Crippen LogP contribution in [0.3, 0.4) is 0 Å². The van der Waals surface area contributed by atoms with Crippen molar-refractivity contribution in [3.05, 3.63) is 28.2 Å². The minimum atomic E-state index is 0.264. The third-order valence-electron chi connectivity index (χ3n) is 3.02. The Balaban J connectivity index is 2.79. The number of halogens is 1. The van der Waals surface area contributed by atoms with Crippen LogP contribution < -0.4 is 10.5 Å². The summed E-state index contributed by atoms with van der Waals surface area (Å²) in [5.41, 5.74) is 7.10. The molecule has 0 heterocycles. The lowest BCUT2D eigenvalue weighted by Crippen LogP contribution is -2.15. The Hall–Kier alpha value is -0.540. The lowest BCUT2D eigenvalue weighted by Gasteiger charge is -2.18. The molecule has 0 fully saturated rings. The Morgan fingerprint density at radius 2 is 2.00 bits per heavy atom. The maximum atomic E-state index is 5.83. The van der Waals surface area contributed by atoms with Crippen molar-refractivity contribution in [2.24, 2.45) is 5.73 Å². The normalized spacial score (nSPS) is 14.3. The maximum Gasteiger partial charge on any atom is 0.122 e. The van der Waals surface area contributed by atoms with E-state index >= 15 is 0 Å². The van der Waals surface area contributed by atoms with Gasteiger partial charge in [-0.05, 0) is 55.9 Å². The van der Waals surface area contributed by atoms with Crippen molar-refractivity contribution in [2.75, 3.05) is 6.61 Å². The van der Waals surface area contributed by atoms with Crippen molar-refractivity contribution in [1.82, 2.24) is 0 Å². The minimum absolute atomic E-state index is 0.264. The highest BCUT2D eigenvalue weighted by Gasteiger charge is 2.13. The Morgan fingerprint density at radius 3 is 2.61 bits per heavy atom. The molecule has 2 atom stereocenters. The predicted molar refractivity (Wildman–Crippen MR) is 81.2 cm³/mol. The van der Waals surface area contributed by atoms with E-state index in [0.717, 1.165) is 36.1 Å². The Bertz CT molecular complexity index is 366. The van der Waals surface area contributed by atoms with E-state index in [1.807, 2.05) is 6.07 Å². The van der Waals surface area contributed by atoms with Gasteiger partial charge in [-0.15, -0.1) is 0 Å². The van der Waals surface area contributed by atoms with Gasteiger partial charge in [0.05, 0.1) is 6.61 Å². The van der Waals surface area contributed by atoms with Gasteiger partial charge in [0.15, 0.2) is 0 Å². The first kappa shape index (κ1) is 15.5. The van der Waals surface area contributed by atoms with Gasteiger partial charge < -0.3 is 10.5 Å². The van der Waals surface area contributed by atoms with Crippen LogP contribution >= 0.6 is 15.9 Å². The zero-order valence-corrected chi connectivity index (χ0v) is 13.2. The molecule has 1 rings (SSSR count). The lowest BCUT2D eigenvalue weighted by atomic mass is 9.94. The zero-order valence-electron chi connectivity index (χ0n) is 11.6. The molecule has 0 bridgehead atoms. The van der Waals surface area contributed by atoms with Crippen LogP contribution in [0.5, 0.6) is 5.75 Å². The highest BCUT2D eigenvalue weighted by atomic mass is 79.9. The van der Waals surface area contributed by atoms with Crippen LogP contribution in [0.15, 0.2) is 22.7 Å². The van der Waals surface area contributed by atoms with Crippen molar-refractivity contribution >= 4 is 15.9 Å². The van der Waals surface area contributed by atoms with E-state index in [9.17, 15) is 0 Å². The van der Waals surface area contributed by atoms with E-state index in [0.29, 0.717) is 5.92 Å². The van der Waals surface area contributed by atoms with Gasteiger partial charge in [-0.3, -0.25) is 0 Å². The SMILES string of the molecule is CCCOc1ccc(Br)cc1C(C)CCC(C)N. The smallest absolute Gasteiger partial charge is 0.122 e. The molecule has 0 amide bonds. The maximum absolute atomic E-state index is 5.83. The number of nitrogens with two attached hydrogens (primary N) is 1. The fourth-order valence-electron chi connectivity index (χ4n) is 1.92. The van der Waals surface area contributed by atoms with E-state index in [1.54, 1.807) is 0 Å². The molecular weight excluding hydrogens is 290 g/mol. The molecule has 102 valence electrons. The number of ether oxygens (including phenoxy) is 1. The molecule has 0 aliphatic heterocycles. The average Bonchev–Trinajstić information content (AvgIpc) is 2.34. The summed E-state index contributed by atoms with van der Waals surface area (Å²) in [6.07, 6.45) is 3.17. The molecule has 0 aliphatic carbocycles. The van der Waals surface area contributed by atoms with Crippen LogP contribution in [0.1, 0.15) is 51.5 Å². The Morgan fingerprint density at radius 1 is 1.28 bits per heavy atom. The summed E-state index contributed by atoms with van der Waals surface area (Å²) >= 11 is 3.53. The number of rotatable bonds is 7. The third-order valence-corrected chi connectivity index (χ3v) is 3.51. The van der Waals surface area contributed by atoms with Gasteiger partial charge >= 0.3 is 0 Å². The molecule has 0 saturated carbocycles. The van der Waals surface area contributed by atoms with Crippen LogP contribution in [0.25, 0.3) is 0 Å². The molecule has 1 aromatic carbocycles. The quantitative estimate of drug-likeness (QED) is 0.806. The van der Waals surface area contributed by atoms with E-state index < -0.39 is 0 Å². The lowest BCUT2D eigenvalue weighted by molar-refractivity contribution is 0.311. The van der Waals surface area contributed by atoms with Crippen molar-refractivity contribution < 1.29 is 4.74 Å². The summed E-state index contributed by atoms with van der Waals surface area (Å²) in [7, 11) is 0. The highest BCUT2D eigenvalue weighted by molar-refractivity contribution is 9.10. The second-order valence-corrected chi connectivity index (χ2v) is 5.90. The molecule has 18 heavy (non-hydrogen) atoms. The number of hydrogen-bond acceptors (Lipinski definition) is 2. The van der Waals surface area contributed by atoms with Gasteiger partial charge in [-0.25, -0.2) is 0 Å². The molecule has 0 aromatic heterocycles. The van der Waals surface area contributed by atoms with E-state index in [4.69, 9.17) is 10.5 Å². The van der Waals surface area contributed by atoms with E-state index in [2.05, 4.69) is 48.8 Å².